The van der Waals surface area contributed by atoms with Gasteiger partial charge >= 0.3 is 0 Å². The van der Waals surface area contributed by atoms with Crippen molar-refractivity contribution < 1.29 is 10.6 Å². The molecule has 1 aromatic heterocycles. The minimum atomic E-state index is 0. The highest BCUT2D eigenvalue weighted by atomic mass is 32.2. The van der Waals surface area contributed by atoms with E-state index in [4.69, 9.17) is 5.11 Å². The SMILES string of the molecule is O.OCCSc1nc2ccccc2s1. The zero-order chi connectivity index (χ0) is 9.10. The first-order valence-corrected chi connectivity index (χ1v) is 5.79. The van der Waals surface area contributed by atoms with Crippen LogP contribution >= 0.6 is 23.1 Å². The number of hydrogen-bond acceptors (Lipinski definition) is 4. The molecule has 2 rings (SSSR count). The number of hydrogen-bond donors (Lipinski definition) is 1. The summed E-state index contributed by atoms with van der Waals surface area (Å²) in [6, 6.07) is 8.08. The molecule has 0 aliphatic rings. The van der Waals surface area contributed by atoms with Crippen molar-refractivity contribution in [1.29, 1.82) is 0 Å². The molecule has 0 amide bonds. The van der Waals surface area contributed by atoms with Crippen LogP contribution in [0.3, 0.4) is 0 Å². The molecule has 0 aliphatic carbocycles. The molecule has 76 valence electrons. The summed E-state index contributed by atoms with van der Waals surface area (Å²) in [5, 5.41) is 8.66. The minimum absolute atomic E-state index is 0. The van der Waals surface area contributed by atoms with Crippen LogP contribution in [-0.4, -0.2) is 27.9 Å². The second-order valence-electron chi connectivity index (χ2n) is 2.52. The molecule has 0 aliphatic heterocycles. The van der Waals surface area contributed by atoms with E-state index in [9.17, 15) is 0 Å². The van der Waals surface area contributed by atoms with Crippen molar-refractivity contribution in [3.05, 3.63) is 24.3 Å². The molecule has 0 bridgehead atoms. The Morgan fingerprint density at radius 3 is 2.86 bits per heavy atom. The summed E-state index contributed by atoms with van der Waals surface area (Å²) < 4.78 is 2.25. The monoisotopic (exact) mass is 229 g/mol. The van der Waals surface area contributed by atoms with Crippen LogP contribution in [-0.2, 0) is 0 Å². The highest BCUT2D eigenvalue weighted by molar-refractivity contribution is 8.01. The average molecular weight is 229 g/mol. The lowest BCUT2D eigenvalue weighted by Crippen LogP contribution is -1.83. The number of aliphatic hydroxyl groups is 1. The van der Waals surface area contributed by atoms with Crippen LogP contribution < -0.4 is 0 Å². The standard InChI is InChI=1S/C9H9NOS2.H2O/c11-5-6-12-9-10-7-3-1-2-4-8(7)13-9;/h1-4,11H,5-6H2;1H2. The van der Waals surface area contributed by atoms with Crippen LogP contribution in [0.5, 0.6) is 0 Å². The number of aliphatic hydroxyl groups excluding tert-OH is 1. The molecular weight excluding hydrogens is 218 g/mol. The maximum Gasteiger partial charge on any atom is 0.151 e. The Labute approximate surface area is 90.1 Å². The molecule has 0 saturated heterocycles. The topological polar surface area (TPSA) is 64.6 Å². The predicted molar refractivity (Wildman–Crippen MR) is 61.0 cm³/mol. The molecule has 5 heteroatoms. The minimum Gasteiger partial charge on any atom is -0.412 e. The van der Waals surface area contributed by atoms with E-state index in [1.165, 1.54) is 4.70 Å². The summed E-state index contributed by atoms with van der Waals surface area (Å²) in [6.07, 6.45) is 0. The van der Waals surface area contributed by atoms with E-state index in [-0.39, 0.29) is 12.1 Å². The Morgan fingerprint density at radius 1 is 1.36 bits per heavy atom. The van der Waals surface area contributed by atoms with E-state index in [0.29, 0.717) is 0 Å². The fourth-order valence-corrected chi connectivity index (χ4v) is 2.93. The number of thioether (sulfide) groups is 1. The van der Waals surface area contributed by atoms with Crippen LogP contribution in [0, 0.1) is 0 Å². The van der Waals surface area contributed by atoms with E-state index in [2.05, 4.69) is 11.1 Å². The van der Waals surface area contributed by atoms with Crippen molar-refractivity contribution in [3.8, 4) is 0 Å². The largest absolute Gasteiger partial charge is 0.412 e. The van der Waals surface area contributed by atoms with E-state index in [1.54, 1.807) is 23.1 Å². The summed E-state index contributed by atoms with van der Waals surface area (Å²) in [5.74, 6) is 0.722. The first-order valence-electron chi connectivity index (χ1n) is 3.99. The highest BCUT2D eigenvalue weighted by Crippen LogP contribution is 2.28. The average Bonchev–Trinajstić information content (AvgIpc) is 2.57. The number of rotatable bonds is 3. The second kappa shape index (κ2) is 5.31. The van der Waals surface area contributed by atoms with E-state index >= 15 is 0 Å². The molecule has 0 fully saturated rings. The summed E-state index contributed by atoms with van der Waals surface area (Å²) >= 11 is 3.28. The molecule has 0 atom stereocenters. The second-order valence-corrected chi connectivity index (χ2v) is 4.89. The number of aromatic nitrogens is 1. The quantitative estimate of drug-likeness (QED) is 0.812. The molecule has 0 spiro atoms. The fraction of sp³-hybridized carbons (Fsp3) is 0.222. The lowest BCUT2D eigenvalue weighted by molar-refractivity contribution is 0.322. The van der Waals surface area contributed by atoms with Crippen LogP contribution in [0.25, 0.3) is 10.2 Å². The zero-order valence-corrected chi connectivity index (χ0v) is 9.07. The van der Waals surface area contributed by atoms with Gasteiger partial charge in [0.2, 0.25) is 0 Å². The number of thiazole rings is 1. The van der Waals surface area contributed by atoms with Gasteiger partial charge in [-0.2, -0.15) is 0 Å². The lowest BCUT2D eigenvalue weighted by atomic mass is 10.3. The molecule has 0 unspecified atom stereocenters. The summed E-state index contributed by atoms with van der Waals surface area (Å²) in [4.78, 5) is 4.42. The highest BCUT2D eigenvalue weighted by Gasteiger charge is 2.01. The smallest absolute Gasteiger partial charge is 0.151 e. The van der Waals surface area contributed by atoms with Crippen LogP contribution in [0.1, 0.15) is 0 Å². The number of nitrogens with zero attached hydrogens (tertiary/aromatic N) is 1. The van der Waals surface area contributed by atoms with Crippen molar-refractivity contribution in [1.82, 2.24) is 4.98 Å². The normalized spacial score (nSPS) is 10.1. The zero-order valence-electron chi connectivity index (χ0n) is 7.43. The molecule has 3 nitrogen and oxygen atoms in total. The fourth-order valence-electron chi connectivity index (χ4n) is 1.05. The Kier molecular flexibility index (Phi) is 4.34. The molecular formula is C9H11NO2S2. The van der Waals surface area contributed by atoms with E-state index < -0.39 is 0 Å². The molecule has 3 N–H and O–H groups in total. The van der Waals surface area contributed by atoms with Gasteiger partial charge in [-0.1, -0.05) is 23.9 Å². The number of para-hydroxylation sites is 1. The number of fused-ring (bicyclic) bond motifs is 1. The van der Waals surface area contributed by atoms with Gasteiger partial charge in [-0.05, 0) is 12.1 Å². The van der Waals surface area contributed by atoms with E-state index in [0.717, 1.165) is 15.6 Å². The first-order chi connectivity index (χ1) is 6.40. The van der Waals surface area contributed by atoms with Gasteiger partial charge in [0.1, 0.15) is 0 Å². The lowest BCUT2D eigenvalue weighted by Gasteiger charge is -1.89. The van der Waals surface area contributed by atoms with E-state index in [1.807, 2.05) is 18.2 Å². The summed E-state index contributed by atoms with van der Waals surface area (Å²) in [6.45, 7) is 0.209. The van der Waals surface area contributed by atoms with Crippen molar-refractivity contribution >= 4 is 33.3 Å². The van der Waals surface area contributed by atoms with Crippen LogP contribution in [0.15, 0.2) is 28.6 Å². The van der Waals surface area contributed by atoms with Crippen molar-refractivity contribution in [2.24, 2.45) is 0 Å². The van der Waals surface area contributed by atoms with Gasteiger partial charge < -0.3 is 10.6 Å². The molecule has 1 heterocycles. The maximum atomic E-state index is 8.66. The van der Waals surface area contributed by atoms with Gasteiger partial charge in [-0.15, -0.1) is 11.3 Å². The van der Waals surface area contributed by atoms with Gasteiger partial charge in [0, 0.05) is 5.75 Å². The van der Waals surface area contributed by atoms with Crippen molar-refractivity contribution in [3.63, 3.8) is 0 Å². The third-order valence-corrected chi connectivity index (χ3v) is 3.75. The van der Waals surface area contributed by atoms with Gasteiger partial charge in [-0.3, -0.25) is 0 Å². The predicted octanol–water partition coefficient (Wildman–Crippen LogP) is 1.56. The third-order valence-electron chi connectivity index (χ3n) is 1.59. The Balaban J connectivity index is 0.000000980. The first kappa shape index (κ1) is 11.5. The summed E-state index contributed by atoms with van der Waals surface area (Å²) in [5.41, 5.74) is 1.05. The Morgan fingerprint density at radius 2 is 2.14 bits per heavy atom. The Bertz CT molecular complexity index is 369. The van der Waals surface area contributed by atoms with Crippen LogP contribution in [0.4, 0.5) is 0 Å². The van der Waals surface area contributed by atoms with Gasteiger partial charge in [0.05, 0.1) is 16.8 Å². The van der Waals surface area contributed by atoms with Gasteiger partial charge in [-0.25, -0.2) is 4.98 Å². The molecule has 14 heavy (non-hydrogen) atoms. The maximum absolute atomic E-state index is 8.66. The van der Waals surface area contributed by atoms with Gasteiger partial charge in [0.15, 0.2) is 4.34 Å². The third kappa shape index (κ3) is 2.45. The van der Waals surface area contributed by atoms with Crippen LogP contribution in [0.2, 0.25) is 0 Å². The Hall–Kier alpha value is -0.620. The summed E-state index contributed by atoms with van der Waals surface area (Å²) in [7, 11) is 0. The number of benzene rings is 1. The molecule has 0 saturated carbocycles. The molecule has 0 radical (unpaired) electrons. The molecule has 1 aromatic carbocycles. The van der Waals surface area contributed by atoms with Crippen molar-refractivity contribution in [2.45, 2.75) is 4.34 Å². The molecule has 2 aromatic rings. The van der Waals surface area contributed by atoms with Gasteiger partial charge in [0.25, 0.3) is 0 Å². The van der Waals surface area contributed by atoms with Crippen molar-refractivity contribution in [2.75, 3.05) is 12.4 Å².